The first-order valence-corrected chi connectivity index (χ1v) is 10.5. The lowest BCUT2D eigenvalue weighted by molar-refractivity contribution is -0.143. The van der Waals surface area contributed by atoms with Gasteiger partial charge in [-0.25, -0.2) is 4.79 Å². The van der Waals surface area contributed by atoms with Crippen molar-refractivity contribution >= 4 is 44.5 Å². The minimum atomic E-state index is -5.36. The number of azide groups is 1. The Morgan fingerprint density at radius 2 is 1.91 bits per heavy atom. The normalized spacial score (nSPS) is 17.2. The van der Waals surface area contributed by atoms with E-state index in [2.05, 4.69) is 10.0 Å². The van der Waals surface area contributed by atoms with Crippen LogP contribution >= 0.6 is 0 Å². The minimum Gasteiger partial charge on any atom is -0.422 e. The van der Waals surface area contributed by atoms with E-state index in [1.807, 2.05) is 0 Å². The first-order chi connectivity index (χ1) is 14.8. The molecule has 3 rings (SSSR count). The van der Waals surface area contributed by atoms with Crippen molar-refractivity contribution in [3.05, 3.63) is 50.2 Å². The first kappa shape index (κ1) is 22.9. The number of nitrogens with zero attached hydrogens (tertiary/aromatic N) is 4. The van der Waals surface area contributed by atoms with Gasteiger partial charge in [-0.05, 0) is 31.0 Å². The molecule has 1 aliphatic heterocycles. The van der Waals surface area contributed by atoms with Gasteiger partial charge in [-0.15, -0.1) is 0 Å². The zero-order valence-corrected chi connectivity index (χ0v) is 17.6. The van der Waals surface area contributed by atoms with E-state index in [9.17, 15) is 32.1 Å². The van der Waals surface area contributed by atoms with Crippen molar-refractivity contribution in [3.63, 3.8) is 0 Å². The summed E-state index contributed by atoms with van der Waals surface area (Å²) in [6.07, 6.45) is -0.689. The van der Waals surface area contributed by atoms with Gasteiger partial charge >= 0.3 is 5.63 Å². The van der Waals surface area contributed by atoms with Crippen LogP contribution in [-0.2, 0) is 24.5 Å². The van der Waals surface area contributed by atoms with Crippen LogP contribution in [0.5, 0.6) is 0 Å². The Kier molecular flexibility index (Phi) is 5.55. The summed E-state index contributed by atoms with van der Waals surface area (Å²) in [5, 5.41) is 3.63. The number of amides is 3. The molecule has 1 aromatic heterocycles. The molecule has 2 heterocycles. The molecule has 13 nitrogen and oxygen atoms in total. The Balaban J connectivity index is 2.39. The molecule has 1 saturated heterocycles. The maximum absolute atomic E-state index is 12.9. The van der Waals surface area contributed by atoms with Crippen molar-refractivity contribution in [2.45, 2.75) is 37.5 Å². The van der Waals surface area contributed by atoms with Gasteiger partial charge in [0.15, 0.2) is 4.87 Å². The SMILES string of the molecule is Cc1c(C(C(N)=O)C(C)(N2C(=O)CCC2=O)S(=O)(=O)O)c(=O)oc2cc(N=[N+]=[N-])ccc12. The van der Waals surface area contributed by atoms with Crippen LogP contribution in [-0.4, -0.2) is 40.5 Å². The van der Waals surface area contributed by atoms with Crippen LogP contribution < -0.4 is 11.4 Å². The Bertz CT molecular complexity index is 1380. The second-order valence-electron chi connectivity index (χ2n) is 7.29. The predicted molar refractivity (Wildman–Crippen MR) is 109 cm³/mol. The van der Waals surface area contributed by atoms with E-state index in [0.717, 1.165) is 6.92 Å². The molecule has 14 heteroatoms. The second kappa shape index (κ2) is 7.75. The van der Waals surface area contributed by atoms with Gasteiger partial charge in [0.1, 0.15) is 11.5 Å². The largest absolute Gasteiger partial charge is 0.422 e. The van der Waals surface area contributed by atoms with Crippen LogP contribution in [0.15, 0.2) is 32.5 Å². The summed E-state index contributed by atoms with van der Waals surface area (Å²) in [5.41, 5.74) is 12.4. The molecule has 0 saturated carbocycles. The van der Waals surface area contributed by atoms with Crippen LogP contribution in [0.3, 0.4) is 0 Å². The van der Waals surface area contributed by atoms with Crippen molar-refractivity contribution in [2.75, 3.05) is 0 Å². The number of aryl methyl sites for hydroxylation is 1. The Hall–Kier alpha value is -3.74. The van der Waals surface area contributed by atoms with E-state index in [1.165, 1.54) is 25.1 Å². The van der Waals surface area contributed by atoms with Gasteiger partial charge in [0.2, 0.25) is 17.7 Å². The maximum atomic E-state index is 12.9. The number of benzene rings is 1. The summed E-state index contributed by atoms with van der Waals surface area (Å²) in [6.45, 7) is 2.14. The van der Waals surface area contributed by atoms with Crippen molar-refractivity contribution in [1.82, 2.24) is 4.90 Å². The fraction of sp³-hybridized carbons (Fsp3) is 0.333. The summed E-state index contributed by atoms with van der Waals surface area (Å²) in [5.74, 6) is -5.45. The lowest BCUT2D eigenvalue weighted by Gasteiger charge is -2.39. The molecule has 0 radical (unpaired) electrons. The molecular weight excluding hydrogens is 446 g/mol. The summed E-state index contributed by atoms with van der Waals surface area (Å²) < 4.78 is 40.2. The number of imide groups is 1. The molecule has 2 unspecified atom stereocenters. The third-order valence-corrected chi connectivity index (χ3v) is 6.95. The van der Waals surface area contributed by atoms with Crippen LogP contribution in [0, 0.1) is 6.92 Å². The number of hydrogen-bond acceptors (Lipinski definition) is 8. The topological polar surface area (TPSA) is 214 Å². The van der Waals surface area contributed by atoms with E-state index < -0.39 is 49.8 Å². The monoisotopic (exact) mass is 463 g/mol. The molecular formula is C18H17N5O8S. The van der Waals surface area contributed by atoms with E-state index in [1.54, 1.807) is 0 Å². The third-order valence-electron chi connectivity index (χ3n) is 5.48. The van der Waals surface area contributed by atoms with E-state index >= 15 is 0 Å². The molecule has 0 spiro atoms. The fourth-order valence-electron chi connectivity index (χ4n) is 3.95. The lowest BCUT2D eigenvalue weighted by Crippen LogP contribution is -2.61. The van der Waals surface area contributed by atoms with Crippen LogP contribution in [0.4, 0.5) is 5.69 Å². The zero-order valence-electron chi connectivity index (χ0n) is 16.8. The van der Waals surface area contributed by atoms with Crippen molar-refractivity contribution in [2.24, 2.45) is 10.8 Å². The van der Waals surface area contributed by atoms with Crippen molar-refractivity contribution < 1.29 is 31.8 Å². The highest BCUT2D eigenvalue weighted by atomic mass is 32.2. The van der Waals surface area contributed by atoms with Crippen LogP contribution in [0.2, 0.25) is 0 Å². The van der Waals surface area contributed by atoms with Gasteiger partial charge in [0.25, 0.3) is 10.1 Å². The van der Waals surface area contributed by atoms with Gasteiger partial charge < -0.3 is 10.2 Å². The number of likely N-dealkylation sites (tertiary alicyclic amines) is 1. The summed E-state index contributed by atoms with van der Waals surface area (Å²) in [7, 11) is -5.36. The number of primary amides is 1. The molecule has 2 aromatic rings. The standard InChI is InChI=1S/C18H17N5O8S/c1-8-10-4-3-9(21-22-20)7-11(10)31-17(27)14(8)15(16(19)26)18(2,32(28,29)30)23-12(24)5-6-13(23)25/h3-4,7,15H,5-6H2,1-2H3,(H2,19,26)(H,28,29,30). The second-order valence-corrected chi connectivity index (χ2v) is 9.06. The highest BCUT2D eigenvalue weighted by Gasteiger charge is 2.60. The summed E-state index contributed by atoms with van der Waals surface area (Å²) >= 11 is 0. The molecule has 3 amide bonds. The van der Waals surface area contributed by atoms with Gasteiger partial charge in [-0.2, -0.15) is 8.42 Å². The molecule has 2 atom stereocenters. The van der Waals surface area contributed by atoms with Gasteiger partial charge in [-0.1, -0.05) is 17.2 Å². The smallest absolute Gasteiger partial charge is 0.340 e. The minimum absolute atomic E-state index is 0.0359. The number of carbonyl (C=O) groups excluding carboxylic acids is 3. The van der Waals surface area contributed by atoms with E-state index in [-0.39, 0.29) is 40.0 Å². The molecule has 32 heavy (non-hydrogen) atoms. The van der Waals surface area contributed by atoms with Gasteiger partial charge in [-0.3, -0.25) is 23.8 Å². The third kappa shape index (κ3) is 3.39. The van der Waals surface area contributed by atoms with Crippen molar-refractivity contribution in [3.8, 4) is 0 Å². The van der Waals surface area contributed by atoms with Crippen LogP contribution in [0.1, 0.15) is 36.8 Å². The van der Waals surface area contributed by atoms with Crippen molar-refractivity contribution in [1.29, 1.82) is 0 Å². The maximum Gasteiger partial charge on any atom is 0.340 e. The molecule has 3 N–H and O–H groups in total. The summed E-state index contributed by atoms with van der Waals surface area (Å²) in [4.78, 5) is 50.1. The zero-order chi connectivity index (χ0) is 24.0. The summed E-state index contributed by atoms with van der Waals surface area (Å²) in [6, 6.07) is 4.03. The molecule has 0 bridgehead atoms. The average Bonchev–Trinajstić information content (AvgIpc) is 3.02. The van der Waals surface area contributed by atoms with Gasteiger partial charge in [0.05, 0.1) is 5.56 Å². The predicted octanol–water partition coefficient (Wildman–Crippen LogP) is 1.37. The highest BCUT2D eigenvalue weighted by Crippen LogP contribution is 2.41. The first-order valence-electron chi connectivity index (χ1n) is 9.09. The number of rotatable bonds is 6. The number of carbonyl (C=O) groups is 3. The Morgan fingerprint density at radius 1 is 1.31 bits per heavy atom. The molecule has 1 aliphatic rings. The van der Waals surface area contributed by atoms with Crippen LogP contribution in [0.25, 0.3) is 21.4 Å². The number of nitrogens with two attached hydrogens (primary N) is 1. The Labute approximate surface area is 180 Å². The molecule has 0 aliphatic carbocycles. The number of hydrogen-bond donors (Lipinski definition) is 2. The average molecular weight is 463 g/mol. The highest BCUT2D eigenvalue weighted by molar-refractivity contribution is 7.87. The molecule has 1 fully saturated rings. The molecule has 1 aromatic carbocycles. The van der Waals surface area contributed by atoms with Gasteiger partial charge in [0, 0.05) is 28.8 Å². The van der Waals surface area contributed by atoms with E-state index in [0.29, 0.717) is 0 Å². The quantitative estimate of drug-likeness (QED) is 0.159. The Morgan fingerprint density at radius 3 is 2.41 bits per heavy atom. The fourth-order valence-corrected chi connectivity index (χ4v) is 4.91. The molecule has 168 valence electrons. The van der Waals surface area contributed by atoms with E-state index in [4.69, 9.17) is 15.7 Å². The number of fused-ring (bicyclic) bond motifs is 1. The lowest BCUT2D eigenvalue weighted by atomic mass is 9.87.